The van der Waals surface area contributed by atoms with E-state index < -0.39 is 0 Å². The molecule has 0 spiro atoms. The predicted molar refractivity (Wildman–Crippen MR) is 47.4 cm³/mol. The fourth-order valence-corrected chi connectivity index (χ4v) is 0.958. The molecule has 2 heterocycles. The van der Waals surface area contributed by atoms with Crippen LogP contribution in [0.3, 0.4) is 0 Å². The van der Waals surface area contributed by atoms with Gasteiger partial charge in [0, 0.05) is 20.1 Å². The molecule has 0 saturated heterocycles. The second kappa shape index (κ2) is 8.59. The van der Waals surface area contributed by atoms with Gasteiger partial charge in [0.25, 0.3) is 0 Å². The van der Waals surface area contributed by atoms with Crippen LogP contribution in [0.15, 0.2) is 47.4 Å². The van der Waals surface area contributed by atoms with Crippen molar-refractivity contribution < 1.29 is 20.1 Å². The number of nitrogens with zero attached hydrogens (tertiary/aromatic N) is 1. The van der Waals surface area contributed by atoms with Crippen LogP contribution >= 0.6 is 11.3 Å². The number of rotatable bonds is 0. The zero-order chi connectivity index (χ0) is 7.78. The van der Waals surface area contributed by atoms with Gasteiger partial charge in [-0.05, 0) is 10.8 Å². The summed E-state index contributed by atoms with van der Waals surface area (Å²) in [5.74, 6) is 0. The summed E-state index contributed by atoms with van der Waals surface area (Å²) < 4.78 is 0. The molecular formula is C9H8IrNS-. The van der Waals surface area contributed by atoms with Gasteiger partial charge >= 0.3 is 0 Å². The maximum absolute atomic E-state index is 3.73. The number of hydrogen-bond acceptors (Lipinski definition) is 2. The molecule has 0 N–H and O–H groups in total. The zero-order valence-electron chi connectivity index (χ0n) is 6.31. The summed E-state index contributed by atoms with van der Waals surface area (Å²) in [6, 6.07) is 10.5. The third-order valence-corrected chi connectivity index (χ3v) is 1.57. The molecule has 0 amide bonds. The molecule has 1 radical (unpaired) electrons. The minimum Gasteiger partial charge on any atom is -0.304 e. The molecule has 12 heavy (non-hydrogen) atoms. The van der Waals surface area contributed by atoms with E-state index in [1.807, 2.05) is 35.0 Å². The fourth-order valence-electron chi connectivity index (χ4n) is 0.504. The summed E-state index contributed by atoms with van der Waals surface area (Å²) in [7, 11) is 0. The Kier molecular flexibility index (Phi) is 8.24. The van der Waals surface area contributed by atoms with Crippen LogP contribution in [-0.2, 0) is 20.1 Å². The van der Waals surface area contributed by atoms with Crippen LogP contribution in [0, 0.1) is 6.07 Å². The van der Waals surface area contributed by atoms with E-state index >= 15 is 0 Å². The molecule has 0 atom stereocenters. The summed E-state index contributed by atoms with van der Waals surface area (Å²) in [6.07, 6.45) is 3.34. The van der Waals surface area contributed by atoms with Crippen molar-refractivity contribution in [2.45, 2.75) is 0 Å². The van der Waals surface area contributed by atoms with Crippen molar-refractivity contribution >= 4 is 11.3 Å². The first-order valence-electron chi connectivity index (χ1n) is 3.23. The zero-order valence-corrected chi connectivity index (χ0v) is 9.52. The molecule has 3 heteroatoms. The van der Waals surface area contributed by atoms with Crippen molar-refractivity contribution in [2.24, 2.45) is 0 Å². The molecule has 0 aromatic carbocycles. The average molecular weight is 354 g/mol. The number of thiophene rings is 1. The van der Waals surface area contributed by atoms with Gasteiger partial charge in [0.2, 0.25) is 0 Å². The van der Waals surface area contributed by atoms with E-state index in [9.17, 15) is 0 Å². The average Bonchev–Trinajstić information content (AvgIpc) is 2.64. The van der Waals surface area contributed by atoms with Gasteiger partial charge in [-0.3, -0.25) is 0 Å². The van der Waals surface area contributed by atoms with E-state index in [0.29, 0.717) is 0 Å². The third kappa shape index (κ3) is 6.23. The standard InChI is InChI=1S/C5H4N.C4H4S.Ir/c1-2-4-6-5-3-1;1-2-4-5-3-1;/h1-2,4-5H;1-4H;/q-1;;. The molecule has 0 unspecified atom stereocenters. The molecular weight excluding hydrogens is 346 g/mol. The van der Waals surface area contributed by atoms with E-state index in [1.54, 1.807) is 23.7 Å². The van der Waals surface area contributed by atoms with Crippen molar-refractivity contribution in [3.63, 3.8) is 0 Å². The number of pyridine rings is 1. The Morgan fingerprint density at radius 2 is 1.83 bits per heavy atom. The van der Waals surface area contributed by atoms with E-state index in [0.717, 1.165) is 0 Å². The predicted octanol–water partition coefficient (Wildman–Crippen LogP) is 2.63. The van der Waals surface area contributed by atoms with Gasteiger partial charge in [-0.1, -0.05) is 24.5 Å². The van der Waals surface area contributed by atoms with Crippen LogP contribution in [0.25, 0.3) is 0 Å². The molecule has 1 nitrogen and oxygen atoms in total. The third-order valence-electron chi connectivity index (χ3n) is 0.939. The second-order valence-electron chi connectivity index (χ2n) is 1.75. The number of hydrogen-bond donors (Lipinski definition) is 0. The largest absolute Gasteiger partial charge is 0.304 e. The summed E-state index contributed by atoms with van der Waals surface area (Å²) in [5.41, 5.74) is 0. The van der Waals surface area contributed by atoms with E-state index in [1.165, 1.54) is 0 Å². The maximum Gasteiger partial charge on any atom is 0 e. The molecule has 2 rings (SSSR count). The molecule has 0 fully saturated rings. The van der Waals surface area contributed by atoms with Crippen LogP contribution in [0.4, 0.5) is 0 Å². The van der Waals surface area contributed by atoms with Crippen LogP contribution in [0.2, 0.25) is 0 Å². The summed E-state index contributed by atoms with van der Waals surface area (Å²) >= 11 is 1.71. The molecule has 2 aromatic rings. The van der Waals surface area contributed by atoms with Crippen LogP contribution < -0.4 is 0 Å². The first-order valence-corrected chi connectivity index (χ1v) is 4.17. The maximum atomic E-state index is 3.73. The minimum atomic E-state index is 0. The Balaban J connectivity index is 0.000000189. The molecule has 0 bridgehead atoms. The Labute approximate surface area is 89.8 Å². The summed E-state index contributed by atoms with van der Waals surface area (Å²) in [6.45, 7) is 0. The van der Waals surface area contributed by atoms with E-state index in [4.69, 9.17) is 0 Å². The Morgan fingerprint density at radius 3 is 2.00 bits per heavy atom. The van der Waals surface area contributed by atoms with Crippen LogP contribution in [0.5, 0.6) is 0 Å². The van der Waals surface area contributed by atoms with Crippen molar-refractivity contribution in [3.05, 3.63) is 53.5 Å². The molecule has 0 aliphatic carbocycles. The first kappa shape index (κ1) is 11.5. The number of aromatic nitrogens is 1. The van der Waals surface area contributed by atoms with Crippen molar-refractivity contribution in [1.29, 1.82) is 0 Å². The van der Waals surface area contributed by atoms with Crippen molar-refractivity contribution in [3.8, 4) is 0 Å². The topological polar surface area (TPSA) is 12.9 Å². The Hall–Kier alpha value is -0.501. The second-order valence-corrected chi connectivity index (χ2v) is 2.56. The quantitative estimate of drug-likeness (QED) is 0.663. The van der Waals surface area contributed by atoms with E-state index in [2.05, 4.69) is 11.1 Å². The first-order chi connectivity index (χ1) is 5.50. The Bertz CT molecular complexity index is 200. The minimum absolute atomic E-state index is 0. The molecule has 0 aliphatic rings. The van der Waals surface area contributed by atoms with Crippen LogP contribution in [-0.4, -0.2) is 4.98 Å². The molecule has 65 valence electrons. The van der Waals surface area contributed by atoms with Gasteiger partial charge in [0.1, 0.15) is 0 Å². The Morgan fingerprint density at radius 1 is 1.08 bits per heavy atom. The SMILES string of the molecule is [Ir].[c-]1cccnc1.c1ccsc1. The van der Waals surface area contributed by atoms with Gasteiger partial charge in [-0.25, -0.2) is 12.1 Å². The molecule has 2 aromatic heterocycles. The fraction of sp³-hybridized carbons (Fsp3) is 0. The monoisotopic (exact) mass is 355 g/mol. The van der Waals surface area contributed by atoms with Gasteiger partial charge in [0.05, 0.1) is 0 Å². The molecule has 0 aliphatic heterocycles. The van der Waals surface area contributed by atoms with Gasteiger partial charge in [-0.15, -0.1) is 0 Å². The van der Waals surface area contributed by atoms with Crippen molar-refractivity contribution in [1.82, 2.24) is 4.98 Å². The van der Waals surface area contributed by atoms with Crippen LogP contribution in [0.1, 0.15) is 0 Å². The van der Waals surface area contributed by atoms with Gasteiger partial charge < -0.3 is 4.98 Å². The van der Waals surface area contributed by atoms with Gasteiger partial charge in [-0.2, -0.15) is 17.4 Å². The van der Waals surface area contributed by atoms with E-state index in [-0.39, 0.29) is 20.1 Å². The van der Waals surface area contributed by atoms with Crippen molar-refractivity contribution in [2.75, 3.05) is 0 Å². The molecule has 0 saturated carbocycles. The van der Waals surface area contributed by atoms with Gasteiger partial charge in [0.15, 0.2) is 0 Å². The smallest absolute Gasteiger partial charge is 0 e. The summed E-state index contributed by atoms with van der Waals surface area (Å²) in [4.78, 5) is 3.73. The summed E-state index contributed by atoms with van der Waals surface area (Å²) in [5, 5.41) is 4.08. The normalized spacial score (nSPS) is 7.33.